The van der Waals surface area contributed by atoms with Crippen molar-refractivity contribution < 1.29 is 23.2 Å². The summed E-state index contributed by atoms with van der Waals surface area (Å²) in [6.45, 7) is 8.38. The zero-order valence-corrected chi connectivity index (χ0v) is 13.9. The van der Waals surface area contributed by atoms with Gasteiger partial charge in [-0.1, -0.05) is 20.8 Å². The van der Waals surface area contributed by atoms with E-state index < -0.39 is 18.9 Å². The molecule has 0 spiro atoms. The summed E-state index contributed by atoms with van der Waals surface area (Å²) in [6, 6.07) is 3.93. The molecule has 23 heavy (non-hydrogen) atoms. The first-order valence-corrected chi connectivity index (χ1v) is 7.77. The molecule has 1 aliphatic rings. The molecule has 0 aliphatic carbocycles. The fourth-order valence-electron chi connectivity index (χ4n) is 2.10. The minimum atomic E-state index is -0.773. The van der Waals surface area contributed by atoms with Crippen LogP contribution in [-0.4, -0.2) is 46.0 Å². The molecule has 2 rings (SSSR count). The molecule has 1 aliphatic heterocycles. The lowest BCUT2D eigenvalue weighted by molar-refractivity contribution is 0.0367. The van der Waals surface area contributed by atoms with Gasteiger partial charge in [0, 0.05) is 26.3 Å². The van der Waals surface area contributed by atoms with Crippen LogP contribution in [0.25, 0.3) is 0 Å². The average Bonchev–Trinajstić information content (AvgIpc) is 2.43. The van der Waals surface area contributed by atoms with Crippen LogP contribution in [0.15, 0.2) is 18.2 Å². The van der Waals surface area contributed by atoms with E-state index in [1.165, 1.54) is 18.2 Å². The third kappa shape index (κ3) is 5.60. The van der Waals surface area contributed by atoms with Gasteiger partial charge in [0.2, 0.25) is 0 Å². The first-order valence-electron chi connectivity index (χ1n) is 7.77. The molecular weight excluding hydrogens is 300 g/mol. The number of benzene rings is 1. The maximum absolute atomic E-state index is 13.6. The Morgan fingerprint density at radius 2 is 1.96 bits per heavy atom. The van der Waals surface area contributed by atoms with Gasteiger partial charge in [0.1, 0.15) is 5.82 Å². The highest BCUT2D eigenvalue weighted by Gasteiger charge is 2.29. The van der Waals surface area contributed by atoms with E-state index in [1.807, 2.05) is 20.8 Å². The van der Waals surface area contributed by atoms with Gasteiger partial charge in [-0.3, -0.25) is 0 Å². The number of esters is 1. The Balaban J connectivity index is 2.20. The molecule has 1 N–H and O–H groups in total. The van der Waals surface area contributed by atoms with Crippen molar-refractivity contribution in [1.29, 1.82) is 0 Å². The van der Waals surface area contributed by atoms with Crippen molar-refractivity contribution in [2.24, 2.45) is 5.41 Å². The Kier molecular flexibility index (Phi) is 6.15. The lowest BCUT2D eigenvalue weighted by Crippen LogP contribution is -2.45. The lowest BCUT2D eigenvalue weighted by atomic mass is 9.75. The number of carbonyl (C=O) groups is 1. The Bertz CT molecular complexity index is 539. The third-order valence-electron chi connectivity index (χ3n) is 3.22. The largest absolute Gasteiger partial charge is 0.494 e. The van der Waals surface area contributed by atoms with Crippen molar-refractivity contribution in [2.75, 3.05) is 32.9 Å². The summed E-state index contributed by atoms with van der Waals surface area (Å²) >= 11 is 0. The van der Waals surface area contributed by atoms with E-state index in [0.717, 1.165) is 0 Å². The zero-order chi connectivity index (χ0) is 16.9. The smallest absolute Gasteiger partial charge is 0.462 e. The molecule has 1 aromatic rings. The lowest BCUT2D eigenvalue weighted by Gasteiger charge is -2.21. The summed E-state index contributed by atoms with van der Waals surface area (Å²) in [4.78, 5) is 12.4. The first kappa shape index (κ1) is 17.9. The standard InChI is InChI=1S/C16H23BFNO4/c1-16(2,3)11-21-15(20)13-5-4-12(18)10-14(13)17-22-8-6-19-7-9-23-17/h4-5,10,19H,6-9,11H2,1-3H3. The van der Waals surface area contributed by atoms with Crippen LogP contribution in [0.1, 0.15) is 31.1 Å². The van der Waals surface area contributed by atoms with E-state index in [1.54, 1.807) is 0 Å². The third-order valence-corrected chi connectivity index (χ3v) is 3.22. The zero-order valence-electron chi connectivity index (χ0n) is 13.9. The fraction of sp³-hybridized carbons (Fsp3) is 0.562. The Morgan fingerprint density at radius 1 is 1.30 bits per heavy atom. The maximum Gasteiger partial charge on any atom is 0.494 e. The SMILES string of the molecule is CC(C)(C)COC(=O)c1ccc(F)cc1B1OCCNCCO1. The molecule has 1 fully saturated rings. The van der Waals surface area contributed by atoms with Gasteiger partial charge in [0.25, 0.3) is 0 Å². The minimum Gasteiger partial charge on any atom is -0.462 e. The van der Waals surface area contributed by atoms with Gasteiger partial charge in [-0.25, -0.2) is 9.18 Å². The Labute approximate surface area is 136 Å². The molecule has 0 amide bonds. The van der Waals surface area contributed by atoms with Crippen LogP contribution in [0.5, 0.6) is 0 Å². The van der Waals surface area contributed by atoms with Crippen molar-refractivity contribution in [3.8, 4) is 0 Å². The molecule has 5 nitrogen and oxygen atoms in total. The molecule has 126 valence electrons. The molecule has 0 bridgehead atoms. The van der Waals surface area contributed by atoms with Crippen molar-refractivity contribution in [3.63, 3.8) is 0 Å². The molecule has 0 unspecified atom stereocenters. The van der Waals surface area contributed by atoms with Crippen LogP contribution < -0.4 is 10.8 Å². The van der Waals surface area contributed by atoms with E-state index in [-0.39, 0.29) is 17.6 Å². The summed E-state index contributed by atoms with van der Waals surface area (Å²) in [5.41, 5.74) is 0.495. The molecule has 1 aromatic carbocycles. The summed E-state index contributed by atoms with van der Waals surface area (Å²) in [6.07, 6.45) is 0. The van der Waals surface area contributed by atoms with Crippen molar-refractivity contribution in [3.05, 3.63) is 29.6 Å². The highest BCUT2D eigenvalue weighted by atomic mass is 19.1. The predicted octanol–water partition coefficient (Wildman–Crippen LogP) is 1.36. The predicted molar refractivity (Wildman–Crippen MR) is 86.3 cm³/mol. The van der Waals surface area contributed by atoms with Crippen LogP contribution in [-0.2, 0) is 14.0 Å². The Morgan fingerprint density at radius 3 is 2.57 bits per heavy atom. The summed E-state index contributed by atoms with van der Waals surface area (Å²) < 4.78 is 30.2. The quantitative estimate of drug-likeness (QED) is 0.672. The van der Waals surface area contributed by atoms with Crippen LogP contribution in [0, 0.1) is 11.2 Å². The number of rotatable bonds is 3. The number of hydrogen-bond acceptors (Lipinski definition) is 5. The number of hydrogen-bond donors (Lipinski definition) is 1. The monoisotopic (exact) mass is 323 g/mol. The van der Waals surface area contributed by atoms with Crippen molar-refractivity contribution in [1.82, 2.24) is 5.32 Å². The first-order chi connectivity index (χ1) is 10.9. The topological polar surface area (TPSA) is 56.8 Å². The molecule has 1 saturated heterocycles. The number of halogens is 1. The molecule has 0 radical (unpaired) electrons. The molecule has 0 aromatic heterocycles. The average molecular weight is 323 g/mol. The second-order valence-electron chi connectivity index (χ2n) is 6.69. The molecule has 7 heteroatoms. The maximum atomic E-state index is 13.6. The molecule has 1 heterocycles. The van der Waals surface area contributed by atoms with E-state index in [9.17, 15) is 9.18 Å². The molecule has 0 saturated carbocycles. The van der Waals surface area contributed by atoms with E-state index in [4.69, 9.17) is 14.0 Å². The molecule has 0 atom stereocenters. The van der Waals surface area contributed by atoms with Crippen LogP contribution in [0.4, 0.5) is 4.39 Å². The normalized spacial score (nSPS) is 16.6. The summed E-state index contributed by atoms with van der Waals surface area (Å²) in [7, 11) is -0.773. The van der Waals surface area contributed by atoms with Gasteiger partial charge in [0.05, 0.1) is 12.2 Å². The number of carbonyl (C=O) groups excluding carboxylic acids is 1. The van der Waals surface area contributed by atoms with Gasteiger partial charge in [-0.2, -0.15) is 0 Å². The van der Waals surface area contributed by atoms with Gasteiger partial charge in [-0.15, -0.1) is 0 Å². The summed E-state index contributed by atoms with van der Waals surface area (Å²) in [5.74, 6) is -0.943. The summed E-state index contributed by atoms with van der Waals surface area (Å²) in [5, 5.41) is 3.13. The van der Waals surface area contributed by atoms with Gasteiger partial charge < -0.3 is 19.4 Å². The second-order valence-corrected chi connectivity index (χ2v) is 6.69. The highest BCUT2D eigenvalue weighted by Crippen LogP contribution is 2.15. The fourth-order valence-corrected chi connectivity index (χ4v) is 2.10. The highest BCUT2D eigenvalue weighted by molar-refractivity contribution is 6.62. The van der Waals surface area contributed by atoms with Gasteiger partial charge in [0.15, 0.2) is 0 Å². The van der Waals surface area contributed by atoms with Gasteiger partial charge >= 0.3 is 13.1 Å². The van der Waals surface area contributed by atoms with E-state index in [0.29, 0.717) is 31.8 Å². The van der Waals surface area contributed by atoms with Gasteiger partial charge in [-0.05, 0) is 29.1 Å². The van der Waals surface area contributed by atoms with Crippen LogP contribution in [0.3, 0.4) is 0 Å². The Hall–Kier alpha value is -1.44. The second kappa shape index (κ2) is 7.90. The number of nitrogens with one attached hydrogen (secondary N) is 1. The van der Waals surface area contributed by atoms with Crippen molar-refractivity contribution >= 4 is 18.6 Å². The molecular formula is C16H23BFNO4. The minimum absolute atomic E-state index is 0.144. The van der Waals surface area contributed by atoms with Crippen LogP contribution in [0.2, 0.25) is 0 Å². The van der Waals surface area contributed by atoms with Crippen molar-refractivity contribution in [2.45, 2.75) is 20.8 Å². The van der Waals surface area contributed by atoms with E-state index in [2.05, 4.69) is 5.32 Å². The van der Waals surface area contributed by atoms with Crippen LogP contribution >= 0.6 is 0 Å². The number of ether oxygens (including phenoxy) is 1. The van der Waals surface area contributed by atoms with E-state index >= 15 is 0 Å².